The molecule has 38 heavy (non-hydrogen) atoms. The van der Waals surface area contributed by atoms with Crippen LogP contribution in [0.3, 0.4) is 0 Å². The van der Waals surface area contributed by atoms with Gasteiger partial charge in [-0.05, 0) is 28.5 Å². The third-order valence-corrected chi connectivity index (χ3v) is 7.24. The average molecular weight is 482 g/mol. The number of carbonyl (C=O) groups is 1. The molecule has 7 nitrogen and oxygen atoms in total. The largest absolute Gasteiger partial charge is 0.288 e. The van der Waals surface area contributed by atoms with Crippen LogP contribution in [0, 0.1) is 45.3 Å². The first kappa shape index (κ1) is 21.2. The van der Waals surface area contributed by atoms with E-state index in [1.165, 1.54) is 0 Å². The molecule has 0 unspecified atom stereocenters. The van der Waals surface area contributed by atoms with Gasteiger partial charge in [-0.2, -0.15) is 21.0 Å². The summed E-state index contributed by atoms with van der Waals surface area (Å²) in [7, 11) is 0. The number of nitriles is 4. The Morgan fingerprint density at radius 1 is 0.605 bits per heavy atom. The summed E-state index contributed by atoms with van der Waals surface area (Å²) in [5.74, 6) is -0.306. The van der Waals surface area contributed by atoms with Crippen molar-refractivity contribution in [2.75, 3.05) is 0 Å². The van der Waals surface area contributed by atoms with Crippen molar-refractivity contribution in [3.8, 4) is 46.7 Å². The van der Waals surface area contributed by atoms with E-state index in [0.717, 1.165) is 5.39 Å². The van der Waals surface area contributed by atoms with Crippen molar-refractivity contribution in [1.29, 1.82) is 21.0 Å². The number of allylic oxidation sites excluding steroid dienone is 1. The van der Waals surface area contributed by atoms with E-state index >= 15 is 0 Å². The molecule has 1 aromatic heterocycles. The maximum absolute atomic E-state index is 14.1. The number of nitrogens with zero attached hydrogens (tertiary/aromatic N) is 6. The molecule has 0 bridgehead atoms. The molecule has 4 aromatic carbocycles. The number of ketones is 1. The molecule has 0 fully saturated rings. The number of fused-ring (bicyclic) bond motifs is 11. The lowest BCUT2D eigenvalue weighted by Gasteiger charge is -2.10. The Hall–Kier alpha value is -6.15. The topological polar surface area (TPSA) is 138 Å². The van der Waals surface area contributed by atoms with E-state index in [1.54, 1.807) is 12.1 Å². The Morgan fingerprint density at radius 2 is 1.13 bits per heavy atom. The molecular weight excluding hydrogens is 472 g/mol. The molecule has 7 rings (SSSR count). The van der Waals surface area contributed by atoms with Crippen LogP contribution in [0.15, 0.2) is 66.2 Å². The Morgan fingerprint density at radius 3 is 1.71 bits per heavy atom. The lowest BCUT2D eigenvalue weighted by molar-refractivity contribution is 0.104. The molecule has 0 atom stereocenters. The van der Waals surface area contributed by atoms with Crippen molar-refractivity contribution in [1.82, 2.24) is 10.2 Å². The summed E-state index contributed by atoms with van der Waals surface area (Å²) >= 11 is 0. The molecule has 0 N–H and O–H groups in total. The van der Waals surface area contributed by atoms with Crippen LogP contribution in [0.1, 0.15) is 38.3 Å². The fraction of sp³-hybridized carbons (Fsp3) is 0. The quantitative estimate of drug-likeness (QED) is 0.258. The number of carbonyl (C=O) groups excluding carboxylic acids is 1. The van der Waals surface area contributed by atoms with Crippen LogP contribution in [-0.2, 0) is 0 Å². The summed E-state index contributed by atoms with van der Waals surface area (Å²) in [5, 5.41) is 51.0. The van der Waals surface area contributed by atoms with E-state index in [0.29, 0.717) is 66.4 Å². The van der Waals surface area contributed by atoms with Gasteiger partial charge in [-0.15, -0.1) is 10.2 Å². The van der Waals surface area contributed by atoms with Gasteiger partial charge in [-0.1, -0.05) is 48.5 Å². The van der Waals surface area contributed by atoms with E-state index in [9.17, 15) is 25.8 Å². The van der Waals surface area contributed by atoms with Crippen LogP contribution >= 0.6 is 0 Å². The Bertz CT molecular complexity index is 2180. The van der Waals surface area contributed by atoms with E-state index in [1.807, 2.05) is 60.7 Å². The first-order valence-corrected chi connectivity index (χ1v) is 11.6. The second kappa shape index (κ2) is 7.42. The van der Waals surface area contributed by atoms with E-state index in [4.69, 9.17) is 0 Å². The highest BCUT2D eigenvalue weighted by molar-refractivity contribution is 6.31. The molecule has 0 amide bonds. The Kier molecular flexibility index (Phi) is 4.13. The summed E-state index contributed by atoms with van der Waals surface area (Å²) in [4.78, 5) is 14.1. The number of benzene rings is 4. The molecule has 2 aliphatic rings. The first-order valence-electron chi connectivity index (χ1n) is 11.6. The minimum atomic E-state index is -0.306. The smallest absolute Gasteiger partial charge is 0.196 e. The van der Waals surface area contributed by atoms with Crippen molar-refractivity contribution in [3.63, 3.8) is 0 Å². The fourth-order valence-electron chi connectivity index (χ4n) is 5.74. The standard InChI is InChI=1S/C31H10N6O/c32-11-15-9-22-24(17(13-34)14-35)29-27(25(22)20-7-3-1-5-18(15)20)28-30(37-36-29)26-21-8-4-2-6-19(21)16(12-33)10-23(26)31(28)38/h1-10H. The van der Waals surface area contributed by atoms with Crippen molar-refractivity contribution in [3.05, 3.63) is 99.7 Å². The molecule has 0 aliphatic heterocycles. The van der Waals surface area contributed by atoms with Crippen molar-refractivity contribution < 1.29 is 4.79 Å². The zero-order valence-electron chi connectivity index (χ0n) is 19.4. The number of aromatic nitrogens is 2. The van der Waals surface area contributed by atoms with Gasteiger partial charge in [0.2, 0.25) is 0 Å². The van der Waals surface area contributed by atoms with E-state index in [-0.39, 0.29) is 22.6 Å². The molecule has 1 heterocycles. The van der Waals surface area contributed by atoms with Gasteiger partial charge in [0, 0.05) is 38.6 Å². The van der Waals surface area contributed by atoms with Crippen molar-refractivity contribution in [2.24, 2.45) is 0 Å². The highest BCUT2D eigenvalue weighted by Gasteiger charge is 2.41. The summed E-state index contributed by atoms with van der Waals surface area (Å²) < 4.78 is 0. The van der Waals surface area contributed by atoms with Gasteiger partial charge in [-0.25, -0.2) is 0 Å². The molecule has 0 spiro atoms. The van der Waals surface area contributed by atoms with Gasteiger partial charge in [0.15, 0.2) is 5.78 Å². The summed E-state index contributed by atoms with van der Waals surface area (Å²) in [6.07, 6.45) is 0. The predicted octanol–water partition coefficient (Wildman–Crippen LogP) is 5.57. The normalized spacial score (nSPS) is 12.1. The molecule has 170 valence electrons. The van der Waals surface area contributed by atoms with Gasteiger partial charge in [0.25, 0.3) is 0 Å². The molecular formula is C31H10N6O. The Labute approximate surface area is 215 Å². The van der Waals surface area contributed by atoms with Crippen LogP contribution in [0.25, 0.3) is 49.5 Å². The predicted molar refractivity (Wildman–Crippen MR) is 138 cm³/mol. The third kappa shape index (κ3) is 2.44. The maximum Gasteiger partial charge on any atom is 0.196 e. The Balaban J connectivity index is 1.70. The third-order valence-electron chi connectivity index (χ3n) is 7.24. The first-order chi connectivity index (χ1) is 18.6. The monoisotopic (exact) mass is 482 g/mol. The van der Waals surface area contributed by atoms with Gasteiger partial charge in [0.05, 0.1) is 28.8 Å². The van der Waals surface area contributed by atoms with Gasteiger partial charge < -0.3 is 0 Å². The minimum Gasteiger partial charge on any atom is -0.288 e. The highest BCUT2D eigenvalue weighted by atomic mass is 16.1. The van der Waals surface area contributed by atoms with Crippen molar-refractivity contribution >= 4 is 32.9 Å². The van der Waals surface area contributed by atoms with Crippen molar-refractivity contribution in [2.45, 2.75) is 0 Å². The lowest BCUT2D eigenvalue weighted by atomic mass is 9.91. The second-order valence-corrected chi connectivity index (χ2v) is 8.96. The molecule has 0 saturated carbocycles. The molecule has 5 aromatic rings. The van der Waals surface area contributed by atoms with Crippen LogP contribution < -0.4 is 0 Å². The fourth-order valence-corrected chi connectivity index (χ4v) is 5.74. The maximum atomic E-state index is 14.1. The molecule has 7 heteroatoms. The number of rotatable bonds is 0. The summed E-state index contributed by atoms with van der Waals surface area (Å²) in [5.41, 5.74) is 4.34. The van der Waals surface area contributed by atoms with Crippen LogP contribution in [0.2, 0.25) is 0 Å². The zero-order valence-corrected chi connectivity index (χ0v) is 19.4. The van der Waals surface area contributed by atoms with E-state index < -0.39 is 0 Å². The number of hydrogen-bond donors (Lipinski definition) is 0. The van der Waals surface area contributed by atoms with Crippen LogP contribution in [0.5, 0.6) is 0 Å². The summed E-state index contributed by atoms with van der Waals surface area (Å²) in [6, 6.07) is 26.2. The SMILES string of the molecule is N#CC(C#N)=C1c2cc(C#N)c3ccccc3c2-c2c1nnc1c2C(=O)c2cc(C#N)c3ccccc3c2-1. The lowest BCUT2D eigenvalue weighted by Crippen LogP contribution is -2.02. The zero-order chi connectivity index (χ0) is 26.1. The average Bonchev–Trinajstić information content (AvgIpc) is 3.45. The van der Waals surface area contributed by atoms with Crippen LogP contribution in [0.4, 0.5) is 0 Å². The number of hydrogen-bond acceptors (Lipinski definition) is 7. The van der Waals surface area contributed by atoms with Gasteiger partial charge >= 0.3 is 0 Å². The molecule has 0 saturated heterocycles. The molecule has 0 radical (unpaired) electrons. The minimum absolute atomic E-state index is 0.182. The van der Waals surface area contributed by atoms with Gasteiger partial charge in [0.1, 0.15) is 29.1 Å². The van der Waals surface area contributed by atoms with Gasteiger partial charge in [-0.3, -0.25) is 4.79 Å². The molecule has 2 aliphatic carbocycles. The summed E-state index contributed by atoms with van der Waals surface area (Å²) in [6.45, 7) is 0. The highest BCUT2D eigenvalue weighted by Crippen LogP contribution is 2.54. The van der Waals surface area contributed by atoms with E-state index in [2.05, 4.69) is 22.3 Å². The van der Waals surface area contributed by atoms with Crippen LogP contribution in [-0.4, -0.2) is 16.0 Å². The second-order valence-electron chi connectivity index (χ2n) is 8.96.